The second kappa shape index (κ2) is 8.76. The molecule has 1 rings (SSSR count). The molecule has 0 bridgehead atoms. The van der Waals surface area contributed by atoms with E-state index in [1.165, 1.54) is 29.3 Å². The van der Waals surface area contributed by atoms with Crippen molar-refractivity contribution in [2.45, 2.75) is 58.9 Å². The van der Waals surface area contributed by atoms with Gasteiger partial charge in [-0.1, -0.05) is 68.6 Å². The van der Waals surface area contributed by atoms with E-state index in [0.29, 0.717) is 12.0 Å². The molecule has 0 heterocycles. The molecular formula is C17H28BrN. The zero-order chi connectivity index (χ0) is 14.3. The third-order valence-electron chi connectivity index (χ3n) is 3.87. The van der Waals surface area contributed by atoms with Crippen molar-refractivity contribution in [3.8, 4) is 0 Å². The molecule has 2 heteroatoms. The summed E-state index contributed by atoms with van der Waals surface area (Å²) >= 11 is 3.59. The van der Waals surface area contributed by atoms with Gasteiger partial charge < -0.3 is 5.32 Å². The van der Waals surface area contributed by atoms with E-state index in [1.807, 2.05) is 0 Å². The van der Waals surface area contributed by atoms with Gasteiger partial charge in [-0.25, -0.2) is 0 Å². The topological polar surface area (TPSA) is 12.0 Å². The van der Waals surface area contributed by atoms with Gasteiger partial charge in [-0.05, 0) is 36.0 Å². The average Bonchev–Trinajstić information content (AvgIpc) is 2.39. The first-order chi connectivity index (χ1) is 9.06. The molecule has 0 aromatic heterocycles. The molecule has 0 fully saturated rings. The molecule has 1 aromatic carbocycles. The number of benzene rings is 1. The number of hydrogen-bond donors (Lipinski definition) is 1. The number of nitrogens with one attached hydrogen (secondary N) is 1. The quantitative estimate of drug-likeness (QED) is 0.678. The van der Waals surface area contributed by atoms with Crippen molar-refractivity contribution >= 4 is 15.9 Å². The van der Waals surface area contributed by atoms with Crippen molar-refractivity contribution in [3.05, 3.63) is 34.3 Å². The zero-order valence-corrected chi connectivity index (χ0v) is 14.3. The summed E-state index contributed by atoms with van der Waals surface area (Å²) in [7, 11) is 0. The van der Waals surface area contributed by atoms with Crippen molar-refractivity contribution in [1.29, 1.82) is 0 Å². The highest BCUT2D eigenvalue weighted by atomic mass is 79.9. The largest absolute Gasteiger partial charge is 0.314 e. The molecule has 108 valence electrons. The van der Waals surface area contributed by atoms with Crippen LogP contribution in [0.3, 0.4) is 0 Å². The standard InChI is InChI=1S/C17H28BrN/c1-5-14(6-2)10-16(12-19-13(3)4)15-8-7-9-17(18)11-15/h7-9,11,13-14,16,19H,5-6,10,12H2,1-4H3. The first-order valence-corrected chi connectivity index (χ1v) is 8.34. The van der Waals surface area contributed by atoms with Crippen molar-refractivity contribution in [2.75, 3.05) is 6.54 Å². The lowest BCUT2D eigenvalue weighted by Gasteiger charge is -2.24. The maximum atomic E-state index is 3.60. The van der Waals surface area contributed by atoms with Crippen LogP contribution in [0.4, 0.5) is 0 Å². The van der Waals surface area contributed by atoms with E-state index in [-0.39, 0.29) is 0 Å². The van der Waals surface area contributed by atoms with Crippen LogP contribution in [-0.2, 0) is 0 Å². The van der Waals surface area contributed by atoms with E-state index in [2.05, 4.69) is 73.2 Å². The van der Waals surface area contributed by atoms with E-state index in [1.54, 1.807) is 0 Å². The SMILES string of the molecule is CCC(CC)CC(CNC(C)C)c1cccc(Br)c1. The van der Waals surface area contributed by atoms with Gasteiger partial charge in [-0.15, -0.1) is 0 Å². The van der Waals surface area contributed by atoms with E-state index in [9.17, 15) is 0 Å². The summed E-state index contributed by atoms with van der Waals surface area (Å²) in [5.41, 5.74) is 1.45. The molecule has 0 saturated carbocycles. The molecule has 1 aromatic rings. The Balaban J connectivity index is 2.78. The Morgan fingerprint density at radius 3 is 2.37 bits per heavy atom. The molecule has 1 N–H and O–H groups in total. The molecule has 1 nitrogen and oxygen atoms in total. The fraction of sp³-hybridized carbons (Fsp3) is 0.647. The molecule has 0 amide bonds. The average molecular weight is 326 g/mol. The molecule has 0 saturated heterocycles. The van der Waals surface area contributed by atoms with Crippen molar-refractivity contribution in [1.82, 2.24) is 5.32 Å². The smallest absolute Gasteiger partial charge is 0.0178 e. The van der Waals surface area contributed by atoms with Gasteiger partial charge in [0.2, 0.25) is 0 Å². The highest BCUT2D eigenvalue weighted by Crippen LogP contribution is 2.28. The van der Waals surface area contributed by atoms with Crippen molar-refractivity contribution in [2.24, 2.45) is 5.92 Å². The fourth-order valence-corrected chi connectivity index (χ4v) is 2.92. The summed E-state index contributed by atoms with van der Waals surface area (Å²) in [5.74, 6) is 1.45. The Hall–Kier alpha value is -0.340. The minimum atomic E-state index is 0.552. The van der Waals surface area contributed by atoms with Gasteiger partial charge in [0.25, 0.3) is 0 Å². The summed E-state index contributed by atoms with van der Waals surface area (Å²) in [6.07, 6.45) is 3.84. The van der Waals surface area contributed by atoms with E-state index < -0.39 is 0 Å². The second-order valence-corrected chi connectivity index (χ2v) is 6.65. The first-order valence-electron chi connectivity index (χ1n) is 7.55. The van der Waals surface area contributed by atoms with Crippen LogP contribution >= 0.6 is 15.9 Å². The summed E-state index contributed by atoms with van der Waals surface area (Å²) in [4.78, 5) is 0. The molecular weight excluding hydrogens is 298 g/mol. The summed E-state index contributed by atoms with van der Waals surface area (Å²) < 4.78 is 1.18. The van der Waals surface area contributed by atoms with Gasteiger partial charge in [0.05, 0.1) is 0 Å². The lowest BCUT2D eigenvalue weighted by molar-refractivity contribution is 0.391. The zero-order valence-electron chi connectivity index (χ0n) is 12.7. The lowest BCUT2D eigenvalue weighted by atomic mass is 9.86. The molecule has 0 radical (unpaired) electrons. The van der Waals surface area contributed by atoms with Gasteiger partial charge in [-0.3, -0.25) is 0 Å². The highest BCUT2D eigenvalue weighted by Gasteiger charge is 2.16. The summed E-state index contributed by atoms with van der Waals surface area (Å²) in [6.45, 7) is 10.1. The third kappa shape index (κ3) is 6.09. The monoisotopic (exact) mass is 325 g/mol. The van der Waals surface area contributed by atoms with Gasteiger partial charge in [-0.2, -0.15) is 0 Å². The first kappa shape index (κ1) is 16.7. The van der Waals surface area contributed by atoms with Gasteiger partial charge in [0.15, 0.2) is 0 Å². The maximum Gasteiger partial charge on any atom is 0.0178 e. The van der Waals surface area contributed by atoms with Crippen LogP contribution in [0.1, 0.15) is 58.4 Å². The van der Waals surface area contributed by atoms with Crippen LogP contribution in [0.15, 0.2) is 28.7 Å². The van der Waals surface area contributed by atoms with Gasteiger partial charge >= 0.3 is 0 Å². The molecule has 0 spiro atoms. The highest BCUT2D eigenvalue weighted by molar-refractivity contribution is 9.10. The van der Waals surface area contributed by atoms with Crippen LogP contribution in [0.25, 0.3) is 0 Å². The fourth-order valence-electron chi connectivity index (χ4n) is 2.50. The predicted octanol–water partition coefficient (Wildman–Crippen LogP) is 5.36. The molecule has 1 atom stereocenters. The minimum absolute atomic E-state index is 0.552. The number of halogens is 1. The van der Waals surface area contributed by atoms with Crippen molar-refractivity contribution in [3.63, 3.8) is 0 Å². The molecule has 19 heavy (non-hydrogen) atoms. The van der Waals surface area contributed by atoms with Crippen LogP contribution in [0.5, 0.6) is 0 Å². The molecule has 0 aliphatic rings. The van der Waals surface area contributed by atoms with Crippen LogP contribution < -0.4 is 5.32 Å². The summed E-state index contributed by atoms with van der Waals surface area (Å²) in [5, 5.41) is 3.60. The molecule has 1 unspecified atom stereocenters. The Labute approximate surface area is 127 Å². The van der Waals surface area contributed by atoms with Crippen molar-refractivity contribution < 1.29 is 0 Å². The number of rotatable bonds is 8. The van der Waals surface area contributed by atoms with Gasteiger partial charge in [0.1, 0.15) is 0 Å². The Morgan fingerprint density at radius 2 is 1.84 bits per heavy atom. The summed E-state index contributed by atoms with van der Waals surface area (Å²) in [6, 6.07) is 9.34. The maximum absolute atomic E-state index is 3.60. The Morgan fingerprint density at radius 1 is 1.16 bits per heavy atom. The predicted molar refractivity (Wildman–Crippen MR) is 88.7 cm³/mol. The lowest BCUT2D eigenvalue weighted by Crippen LogP contribution is -2.29. The molecule has 0 aliphatic carbocycles. The Bertz CT molecular complexity index is 358. The minimum Gasteiger partial charge on any atom is -0.314 e. The van der Waals surface area contributed by atoms with E-state index >= 15 is 0 Å². The van der Waals surface area contributed by atoms with E-state index in [0.717, 1.165) is 12.5 Å². The second-order valence-electron chi connectivity index (χ2n) is 5.73. The molecule has 0 aliphatic heterocycles. The van der Waals surface area contributed by atoms with Crippen LogP contribution in [-0.4, -0.2) is 12.6 Å². The van der Waals surface area contributed by atoms with E-state index in [4.69, 9.17) is 0 Å². The van der Waals surface area contributed by atoms with Crippen LogP contribution in [0.2, 0.25) is 0 Å². The van der Waals surface area contributed by atoms with Gasteiger partial charge in [0, 0.05) is 17.1 Å². The third-order valence-corrected chi connectivity index (χ3v) is 4.36. The van der Waals surface area contributed by atoms with Crippen LogP contribution in [0, 0.1) is 5.92 Å². The number of hydrogen-bond acceptors (Lipinski definition) is 1. The Kier molecular flexibility index (Phi) is 7.70. The normalized spacial score (nSPS) is 13.2.